The number of rotatable bonds is 8. The van der Waals surface area contributed by atoms with E-state index in [1.165, 1.54) is 16.7 Å². The normalized spacial score (nSPS) is 19.1. The summed E-state index contributed by atoms with van der Waals surface area (Å²) in [6.07, 6.45) is 9.01. The van der Waals surface area contributed by atoms with E-state index in [1.54, 1.807) is 4.57 Å². The molecule has 0 spiro atoms. The van der Waals surface area contributed by atoms with Gasteiger partial charge in [-0.05, 0) is 55.5 Å². The number of benzene rings is 1. The number of imidazole rings is 1. The fourth-order valence-corrected chi connectivity index (χ4v) is 5.18. The zero-order valence-electron chi connectivity index (χ0n) is 18.5. The minimum Gasteiger partial charge on any atom is -0.481 e. The first kappa shape index (κ1) is 21.2. The number of carboxylic acid groups (broad SMARTS) is 1. The third-order valence-electron chi connectivity index (χ3n) is 6.51. The number of carbonyl (C=O) groups is 1. The Morgan fingerprint density at radius 1 is 1.23 bits per heavy atom. The predicted octanol–water partition coefficient (Wildman–Crippen LogP) is 4.48. The van der Waals surface area contributed by atoms with Crippen molar-refractivity contribution in [1.82, 2.24) is 14.0 Å². The number of carboxylic acids is 1. The highest BCUT2D eigenvalue weighted by atomic mass is 16.4. The van der Waals surface area contributed by atoms with Crippen LogP contribution in [-0.2, 0) is 11.3 Å². The molecule has 1 aliphatic heterocycles. The average molecular weight is 422 g/mol. The Bertz CT molecular complexity index is 1150. The number of likely N-dealkylation sites (N-methyl/N-ethyl adjacent to an activating group) is 1. The molecule has 0 saturated heterocycles. The van der Waals surface area contributed by atoms with Crippen LogP contribution >= 0.6 is 0 Å². The van der Waals surface area contributed by atoms with E-state index in [9.17, 15) is 14.7 Å². The van der Waals surface area contributed by atoms with Crippen molar-refractivity contribution in [2.75, 3.05) is 6.54 Å². The third-order valence-corrected chi connectivity index (χ3v) is 6.51. The summed E-state index contributed by atoms with van der Waals surface area (Å²) in [6.45, 7) is 7.73. The van der Waals surface area contributed by atoms with Gasteiger partial charge in [0.2, 0.25) is 0 Å². The molecule has 4 rings (SSSR count). The van der Waals surface area contributed by atoms with Gasteiger partial charge in [-0.1, -0.05) is 37.6 Å². The van der Waals surface area contributed by atoms with Gasteiger partial charge >= 0.3 is 11.7 Å². The third kappa shape index (κ3) is 3.75. The summed E-state index contributed by atoms with van der Waals surface area (Å²) in [5, 5.41) is 9.44. The molecule has 1 aromatic heterocycles. The van der Waals surface area contributed by atoms with Gasteiger partial charge in [-0.25, -0.2) is 4.79 Å². The molecular formula is C25H31N3O3. The lowest BCUT2D eigenvalue weighted by Gasteiger charge is -2.27. The Kier molecular flexibility index (Phi) is 5.90. The van der Waals surface area contributed by atoms with Crippen molar-refractivity contribution in [2.24, 2.45) is 0 Å². The van der Waals surface area contributed by atoms with Crippen LogP contribution in [0.25, 0.3) is 11.0 Å². The standard InChI is InChI=1S/C25H31N3O3/c1-4-9-19(14-23(29)30)28-21-12-7-6-11-20(21)27(25(28)31)16-18-15-26(5-2)22-13-8-10-17(3)24(18)22/h6-8,10-12,15,19,22H,4-5,9,13-14,16H2,1-3H3,(H,29,30). The summed E-state index contributed by atoms with van der Waals surface area (Å²) < 4.78 is 3.53. The Morgan fingerprint density at radius 3 is 2.65 bits per heavy atom. The van der Waals surface area contributed by atoms with E-state index >= 15 is 0 Å². The molecule has 6 heteroatoms. The maximum atomic E-state index is 13.6. The van der Waals surface area contributed by atoms with Gasteiger partial charge in [0.15, 0.2) is 0 Å². The molecule has 0 bridgehead atoms. The average Bonchev–Trinajstić information content (AvgIpc) is 3.24. The van der Waals surface area contributed by atoms with Crippen molar-refractivity contribution >= 4 is 17.0 Å². The summed E-state index contributed by atoms with van der Waals surface area (Å²) in [6, 6.07) is 7.73. The first-order valence-electron chi connectivity index (χ1n) is 11.2. The van der Waals surface area contributed by atoms with Crippen LogP contribution < -0.4 is 5.69 Å². The minimum absolute atomic E-state index is 0.0504. The Morgan fingerprint density at radius 2 is 1.97 bits per heavy atom. The van der Waals surface area contributed by atoms with Gasteiger partial charge in [-0.2, -0.15) is 0 Å². The number of fused-ring (bicyclic) bond motifs is 2. The molecule has 1 aromatic carbocycles. The molecule has 1 N–H and O–H groups in total. The molecule has 0 amide bonds. The van der Waals surface area contributed by atoms with Crippen LogP contribution in [0.4, 0.5) is 0 Å². The summed E-state index contributed by atoms with van der Waals surface area (Å²) >= 11 is 0. The van der Waals surface area contributed by atoms with E-state index in [0.717, 1.165) is 30.4 Å². The van der Waals surface area contributed by atoms with Gasteiger partial charge < -0.3 is 10.0 Å². The van der Waals surface area contributed by atoms with Crippen molar-refractivity contribution in [3.63, 3.8) is 0 Å². The fraction of sp³-hybridized carbons (Fsp3) is 0.440. The highest BCUT2D eigenvalue weighted by Gasteiger charge is 2.32. The van der Waals surface area contributed by atoms with Crippen molar-refractivity contribution in [1.29, 1.82) is 0 Å². The number of para-hydroxylation sites is 2. The number of aromatic nitrogens is 2. The zero-order chi connectivity index (χ0) is 22.1. The van der Waals surface area contributed by atoms with Crippen LogP contribution in [0.5, 0.6) is 0 Å². The predicted molar refractivity (Wildman–Crippen MR) is 123 cm³/mol. The molecule has 2 atom stereocenters. The Hall–Kier alpha value is -3.02. The molecule has 2 heterocycles. The molecule has 31 heavy (non-hydrogen) atoms. The molecule has 2 aromatic rings. The number of hydrogen-bond donors (Lipinski definition) is 1. The number of allylic oxidation sites excluding steroid dienone is 2. The molecule has 0 radical (unpaired) electrons. The molecule has 164 valence electrons. The van der Waals surface area contributed by atoms with Gasteiger partial charge in [0.1, 0.15) is 0 Å². The molecular weight excluding hydrogens is 390 g/mol. The topological polar surface area (TPSA) is 67.5 Å². The second-order valence-corrected chi connectivity index (χ2v) is 8.50. The van der Waals surface area contributed by atoms with E-state index in [2.05, 4.69) is 37.1 Å². The smallest absolute Gasteiger partial charge is 0.329 e. The fourth-order valence-electron chi connectivity index (χ4n) is 5.18. The summed E-state index contributed by atoms with van der Waals surface area (Å²) in [7, 11) is 0. The number of nitrogens with zero attached hydrogens (tertiary/aromatic N) is 3. The summed E-state index contributed by atoms with van der Waals surface area (Å²) in [5.74, 6) is -0.878. The van der Waals surface area contributed by atoms with E-state index in [-0.39, 0.29) is 18.2 Å². The lowest BCUT2D eigenvalue weighted by Crippen LogP contribution is -2.30. The van der Waals surface area contributed by atoms with Crippen LogP contribution in [0.15, 0.2) is 64.1 Å². The van der Waals surface area contributed by atoms with Gasteiger partial charge in [0.05, 0.1) is 30.0 Å². The van der Waals surface area contributed by atoms with Crippen molar-refractivity contribution in [3.05, 3.63) is 69.8 Å². The second kappa shape index (κ2) is 8.61. The Labute approximate surface area is 182 Å². The van der Waals surface area contributed by atoms with Crippen LogP contribution in [0, 0.1) is 0 Å². The maximum Gasteiger partial charge on any atom is 0.329 e. The minimum atomic E-state index is -0.878. The quantitative estimate of drug-likeness (QED) is 0.682. The second-order valence-electron chi connectivity index (χ2n) is 8.50. The van der Waals surface area contributed by atoms with E-state index in [0.29, 0.717) is 19.0 Å². The summed E-state index contributed by atoms with van der Waals surface area (Å²) in [5.41, 5.74) is 5.29. The van der Waals surface area contributed by atoms with Crippen molar-refractivity contribution in [2.45, 2.75) is 65.1 Å². The van der Waals surface area contributed by atoms with Crippen LogP contribution in [0.2, 0.25) is 0 Å². The first-order valence-corrected chi connectivity index (χ1v) is 11.2. The van der Waals surface area contributed by atoms with Crippen molar-refractivity contribution < 1.29 is 9.90 Å². The highest BCUT2D eigenvalue weighted by Crippen LogP contribution is 2.36. The molecule has 0 fully saturated rings. The number of hydrogen-bond acceptors (Lipinski definition) is 3. The molecule has 1 aliphatic carbocycles. The molecule has 2 unspecified atom stereocenters. The maximum absolute atomic E-state index is 13.6. The number of aliphatic carboxylic acids is 1. The zero-order valence-corrected chi connectivity index (χ0v) is 18.5. The van der Waals surface area contributed by atoms with E-state index in [4.69, 9.17) is 0 Å². The largest absolute Gasteiger partial charge is 0.481 e. The highest BCUT2D eigenvalue weighted by molar-refractivity contribution is 5.77. The van der Waals surface area contributed by atoms with Gasteiger partial charge in [0, 0.05) is 18.8 Å². The van der Waals surface area contributed by atoms with Crippen molar-refractivity contribution in [3.8, 4) is 0 Å². The lowest BCUT2D eigenvalue weighted by atomic mass is 9.90. The van der Waals surface area contributed by atoms with Crippen LogP contribution in [-0.4, -0.2) is 37.7 Å². The lowest BCUT2D eigenvalue weighted by molar-refractivity contribution is -0.137. The molecule has 0 saturated carbocycles. The Balaban J connectivity index is 1.82. The van der Waals surface area contributed by atoms with Crippen LogP contribution in [0.3, 0.4) is 0 Å². The SMILES string of the molecule is CCCC(CC(=O)O)n1c(=O)n(CC2=CN(CC)C3CC=CC(C)=C23)c2ccccc21. The summed E-state index contributed by atoms with van der Waals surface area (Å²) in [4.78, 5) is 27.5. The van der Waals surface area contributed by atoms with E-state index < -0.39 is 5.97 Å². The molecule has 2 aliphatic rings. The van der Waals surface area contributed by atoms with Gasteiger partial charge in [-0.3, -0.25) is 13.9 Å². The van der Waals surface area contributed by atoms with Gasteiger partial charge in [-0.15, -0.1) is 0 Å². The monoisotopic (exact) mass is 421 g/mol. The van der Waals surface area contributed by atoms with Gasteiger partial charge in [0.25, 0.3) is 0 Å². The van der Waals surface area contributed by atoms with Crippen LogP contribution in [0.1, 0.15) is 52.5 Å². The molecule has 6 nitrogen and oxygen atoms in total. The first-order chi connectivity index (χ1) is 15.0. The van der Waals surface area contributed by atoms with E-state index in [1.807, 2.05) is 35.8 Å².